The Morgan fingerprint density at radius 3 is 2.87 bits per heavy atom. The molecule has 2 heterocycles. The maximum atomic E-state index is 12.4. The molecular weight excluding hydrogens is 428 g/mol. The van der Waals surface area contributed by atoms with Crippen LogP contribution in [0.1, 0.15) is 16.2 Å². The van der Waals surface area contributed by atoms with Gasteiger partial charge in [-0.3, -0.25) is 4.79 Å². The Morgan fingerprint density at radius 2 is 2.10 bits per heavy atom. The molecule has 0 saturated heterocycles. The predicted octanol–water partition coefficient (Wildman–Crippen LogP) is 2.63. The largest absolute Gasteiger partial charge is 0.465 e. The van der Waals surface area contributed by atoms with Crippen LogP contribution in [0.3, 0.4) is 0 Å². The van der Waals surface area contributed by atoms with Crippen molar-refractivity contribution < 1.29 is 9.53 Å². The van der Waals surface area contributed by atoms with Gasteiger partial charge in [0.25, 0.3) is 5.56 Å². The molecule has 0 atom stereocenters. The van der Waals surface area contributed by atoms with Crippen molar-refractivity contribution in [3.8, 4) is 11.4 Å². The molecule has 0 unspecified atom stereocenters. The fourth-order valence-corrected chi connectivity index (χ4v) is 3.75. The van der Waals surface area contributed by atoms with Crippen molar-refractivity contribution in [2.75, 3.05) is 13.0 Å². The topological polar surface area (TPSA) is 129 Å². The number of ether oxygens (including phenoxy) is 1. The highest BCUT2D eigenvalue weighted by Crippen LogP contribution is 2.25. The number of halogens is 1. The summed E-state index contributed by atoms with van der Waals surface area (Å²) in [6.07, 6.45) is 0. The second-order valence-electron chi connectivity index (χ2n) is 6.21. The molecule has 3 N–H and O–H groups in total. The number of thioether (sulfide) groups is 1. The summed E-state index contributed by atoms with van der Waals surface area (Å²) in [5.41, 5.74) is 1.14. The molecular formula is C19H15ClN6O3S. The van der Waals surface area contributed by atoms with Crippen molar-refractivity contribution in [3.05, 3.63) is 69.2 Å². The Kier molecular flexibility index (Phi) is 5.42. The Morgan fingerprint density at radius 1 is 1.27 bits per heavy atom. The number of aromatic amines is 1. The molecule has 2 aromatic carbocycles. The van der Waals surface area contributed by atoms with Crippen molar-refractivity contribution in [3.63, 3.8) is 0 Å². The lowest BCUT2D eigenvalue weighted by Gasteiger charge is -2.05. The van der Waals surface area contributed by atoms with E-state index in [1.807, 2.05) is 6.07 Å². The van der Waals surface area contributed by atoms with Gasteiger partial charge in [0.2, 0.25) is 5.16 Å². The first-order valence-electron chi connectivity index (χ1n) is 8.67. The van der Waals surface area contributed by atoms with E-state index in [1.165, 1.54) is 41.7 Å². The second-order valence-corrected chi connectivity index (χ2v) is 7.59. The number of hydrogen-bond donors (Lipinski definition) is 2. The summed E-state index contributed by atoms with van der Waals surface area (Å²) in [5, 5.41) is 9.59. The average molecular weight is 443 g/mol. The maximum Gasteiger partial charge on any atom is 0.337 e. The molecule has 30 heavy (non-hydrogen) atoms. The number of H-pyrrole nitrogens is 1. The highest BCUT2D eigenvalue weighted by Gasteiger charge is 2.14. The van der Waals surface area contributed by atoms with E-state index < -0.39 is 5.97 Å². The summed E-state index contributed by atoms with van der Waals surface area (Å²) in [7, 11) is 1.29. The van der Waals surface area contributed by atoms with Crippen LogP contribution in [0.2, 0.25) is 5.02 Å². The Hall–Kier alpha value is -3.37. The third kappa shape index (κ3) is 3.87. The number of nitrogens with one attached hydrogen (secondary N) is 1. The highest BCUT2D eigenvalue weighted by atomic mass is 35.5. The van der Waals surface area contributed by atoms with Crippen molar-refractivity contribution in [2.45, 2.75) is 10.9 Å². The molecule has 11 heteroatoms. The Balaban J connectivity index is 1.59. The molecule has 0 aliphatic rings. The zero-order valence-electron chi connectivity index (χ0n) is 15.6. The Labute approximate surface area is 179 Å². The molecule has 0 aliphatic heterocycles. The zero-order chi connectivity index (χ0) is 21.3. The van der Waals surface area contributed by atoms with E-state index in [1.54, 1.807) is 18.2 Å². The lowest BCUT2D eigenvalue weighted by molar-refractivity contribution is 0.0601. The van der Waals surface area contributed by atoms with Gasteiger partial charge in [0.1, 0.15) is 5.82 Å². The highest BCUT2D eigenvalue weighted by molar-refractivity contribution is 7.98. The van der Waals surface area contributed by atoms with Crippen LogP contribution in [0.4, 0.5) is 0 Å². The number of methoxy groups -OCH3 is 1. The maximum absolute atomic E-state index is 12.4. The SMILES string of the molecule is COC(=O)c1ccc2c(=O)[nH]c(CSc3nnc(-c4cccc(Cl)c4)n3N)nc2c1. The number of hydrogen-bond acceptors (Lipinski definition) is 8. The molecule has 0 spiro atoms. The molecule has 0 saturated carbocycles. The van der Waals surface area contributed by atoms with E-state index in [4.69, 9.17) is 22.2 Å². The number of carbonyl (C=O) groups is 1. The van der Waals surface area contributed by atoms with Crippen LogP contribution in [0.25, 0.3) is 22.3 Å². The lowest BCUT2D eigenvalue weighted by Crippen LogP contribution is -2.13. The molecule has 0 fully saturated rings. The number of carbonyl (C=O) groups excluding carboxylic acids is 1. The summed E-state index contributed by atoms with van der Waals surface area (Å²) < 4.78 is 6.07. The smallest absolute Gasteiger partial charge is 0.337 e. The van der Waals surface area contributed by atoms with Crippen molar-refractivity contribution in [2.24, 2.45) is 0 Å². The van der Waals surface area contributed by atoms with Crippen LogP contribution in [-0.2, 0) is 10.5 Å². The van der Waals surface area contributed by atoms with Crippen LogP contribution in [-0.4, -0.2) is 37.9 Å². The number of fused-ring (bicyclic) bond motifs is 1. The van der Waals surface area contributed by atoms with Gasteiger partial charge in [-0.25, -0.2) is 14.5 Å². The number of aromatic nitrogens is 5. The summed E-state index contributed by atoms with van der Waals surface area (Å²) in [5.74, 6) is 6.78. The molecule has 0 radical (unpaired) electrons. The molecule has 2 aromatic heterocycles. The van der Waals surface area contributed by atoms with E-state index in [2.05, 4.69) is 20.2 Å². The minimum absolute atomic E-state index is 0.290. The zero-order valence-corrected chi connectivity index (χ0v) is 17.2. The number of esters is 1. The molecule has 152 valence electrons. The van der Waals surface area contributed by atoms with Gasteiger partial charge in [-0.2, -0.15) is 0 Å². The second kappa shape index (κ2) is 8.17. The summed E-state index contributed by atoms with van der Waals surface area (Å²) >= 11 is 7.28. The molecule has 4 aromatic rings. The number of benzene rings is 2. The number of nitrogens with two attached hydrogens (primary N) is 1. The van der Waals surface area contributed by atoms with Crippen molar-refractivity contribution in [1.82, 2.24) is 24.8 Å². The molecule has 0 bridgehead atoms. The van der Waals surface area contributed by atoms with Crippen LogP contribution >= 0.6 is 23.4 Å². The summed E-state index contributed by atoms with van der Waals surface area (Å²) in [4.78, 5) is 31.3. The summed E-state index contributed by atoms with van der Waals surface area (Å²) in [6.45, 7) is 0. The standard InChI is InChI=1S/C19H15ClN6O3S/c1-29-18(28)11-5-6-13-14(8-11)22-15(23-17(13)27)9-30-19-25-24-16(26(19)21)10-3-2-4-12(20)7-10/h2-8H,9,21H2,1H3,(H,22,23,27). The minimum Gasteiger partial charge on any atom is -0.465 e. The fourth-order valence-electron chi connectivity index (χ4n) is 2.83. The molecule has 4 rings (SSSR count). The summed E-state index contributed by atoms with van der Waals surface area (Å²) in [6, 6.07) is 11.7. The quantitative estimate of drug-likeness (QED) is 0.274. The van der Waals surface area contributed by atoms with Gasteiger partial charge in [-0.05, 0) is 30.3 Å². The minimum atomic E-state index is -0.500. The third-order valence-corrected chi connectivity index (χ3v) is 5.45. The van der Waals surface area contributed by atoms with Crippen molar-refractivity contribution >= 4 is 40.2 Å². The van der Waals surface area contributed by atoms with E-state index in [-0.39, 0.29) is 5.56 Å². The van der Waals surface area contributed by atoms with E-state index in [0.717, 1.165) is 5.56 Å². The van der Waals surface area contributed by atoms with Gasteiger partial charge >= 0.3 is 5.97 Å². The van der Waals surface area contributed by atoms with E-state index in [9.17, 15) is 9.59 Å². The Bertz CT molecular complexity index is 1320. The van der Waals surface area contributed by atoms with Crippen LogP contribution in [0.5, 0.6) is 0 Å². The van der Waals surface area contributed by atoms with Gasteiger partial charge < -0.3 is 15.6 Å². The van der Waals surface area contributed by atoms with Gasteiger partial charge in [-0.15, -0.1) is 10.2 Å². The van der Waals surface area contributed by atoms with Crippen molar-refractivity contribution in [1.29, 1.82) is 0 Å². The normalized spacial score (nSPS) is 11.0. The average Bonchev–Trinajstić information content (AvgIpc) is 3.11. The van der Waals surface area contributed by atoms with Crippen LogP contribution < -0.4 is 11.4 Å². The van der Waals surface area contributed by atoms with E-state index >= 15 is 0 Å². The fraction of sp³-hybridized carbons (Fsp3) is 0.105. The number of nitrogen functional groups attached to an aromatic ring is 1. The predicted molar refractivity (Wildman–Crippen MR) is 114 cm³/mol. The first-order chi connectivity index (χ1) is 14.5. The third-order valence-electron chi connectivity index (χ3n) is 4.26. The lowest BCUT2D eigenvalue weighted by atomic mass is 10.1. The van der Waals surface area contributed by atoms with Crippen LogP contribution in [0, 0.1) is 0 Å². The number of rotatable bonds is 5. The van der Waals surface area contributed by atoms with E-state index in [0.29, 0.717) is 44.0 Å². The van der Waals surface area contributed by atoms with Gasteiger partial charge in [0, 0.05) is 10.6 Å². The first-order valence-corrected chi connectivity index (χ1v) is 10.0. The molecule has 9 nitrogen and oxygen atoms in total. The van der Waals surface area contributed by atoms with Crippen LogP contribution in [0.15, 0.2) is 52.4 Å². The monoisotopic (exact) mass is 442 g/mol. The molecule has 0 amide bonds. The number of nitrogens with zero attached hydrogens (tertiary/aromatic N) is 4. The van der Waals surface area contributed by atoms with Gasteiger partial charge in [0.15, 0.2) is 5.82 Å². The first kappa shape index (κ1) is 19.9. The van der Waals surface area contributed by atoms with Gasteiger partial charge in [-0.1, -0.05) is 35.5 Å². The molecule has 0 aliphatic carbocycles. The van der Waals surface area contributed by atoms with Gasteiger partial charge in [0.05, 0.1) is 29.3 Å².